The molecule has 7 heteroatoms. The van der Waals surface area contributed by atoms with Crippen LogP contribution in [0, 0.1) is 11.2 Å². The number of allylic oxidation sites excluding steroid dienone is 1. The number of piperidine rings is 1. The molecule has 4 aliphatic heterocycles. The number of halogens is 1. The first-order chi connectivity index (χ1) is 18.3. The first-order valence-corrected chi connectivity index (χ1v) is 15.1. The standard InChI is InChI=1S/C31H40FN5S/c1-22(36-18-30(19-36)20-37(21-30)38-4)26-9-7-24(16-28(26)32)6-5-13-35-14-11-31(12-15-35)23(2)34-29-10-8-25(33-3)17-27(29)31/h7-10,16-17,33-34H,1-2,5-6,11-15,18-21H2,3-4H3. The maximum absolute atomic E-state index is 15.1. The Balaban J connectivity index is 0.988. The van der Waals surface area contributed by atoms with Crippen LogP contribution in [-0.4, -0.2) is 73.2 Å². The van der Waals surface area contributed by atoms with Gasteiger partial charge in [-0.2, -0.15) is 0 Å². The Hall–Kier alpha value is -2.48. The number of aryl methyl sites for hydroxylation is 1. The molecule has 0 unspecified atom stereocenters. The second-order valence-corrected chi connectivity index (χ2v) is 12.6. The Morgan fingerprint density at radius 3 is 2.55 bits per heavy atom. The smallest absolute Gasteiger partial charge is 0.132 e. The van der Waals surface area contributed by atoms with Crippen LogP contribution in [0.2, 0.25) is 0 Å². The maximum atomic E-state index is 15.1. The zero-order valence-corrected chi connectivity index (χ0v) is 23.6. The van der Waals surface area contributed by atoms with Crippen molar-refractivity contribution in [1.29, 1.82) is 0 Å². The number of anilines is 2. The van der Waals surface area contributed by atoms with Crippen molar-refractivity contribution < 1.29 is 4.39 Å². The average Bonchev–Trinajstić information content (AvgIpc) is 3.13. The molecule has 2 aromatic rings. The SMILES string of the molecule is C=C(c1ccc(CCCN2CCC3(CC2)C(=C)Nc2ccc(NC)cc23)cc1F)N1CC2(CN(SC)C2)C1. The van der Waals surface area contributed by atoms with Crippen molar-refractivity contribution in [2.45, 2.75) is 31.1 Å². The summed E-state index contributed by atoms with van der Waals surface area (Å²) in [6.07, 6.45) is 6.22. The van der Waals surface area contributed by atoms with E-state index in [0.717, 1.165) is 94.1 Å². The molecule has 202 valence electrons. The van der Waals surface area contributed by atoms with E-state index in [9.17, 15) is 0 Å². The van der Waals surface area contributed by atoms with Crippen LogP contribution in [0.1, 0.15) is 36.0 Å². The molecule has 0 aromatic heterocycles. The van der Waals surface area contributed by atoms with Gasteiger partial charge in [-0.3, -0.25) is 0 Å². The number of nitrogens with zero attached hydrogens (tertiary/aromatic N) is 3. The minimum atomic E-state index is -0.139. The molecule has 4 aliphatic rings. The van der Waals surface area contributed by atoms with Crippen LogP contribution in [0.25, 0.3) is 5.70 Å². The molecule has 5 nitrogen and oxygen atoms in total. The molecule has 38 heavy (non-hydrogen) atoms. The predicted molar refractivity (Wildman–Crippen MR) is 159 cm³/mol. The number of rotatable bonds is 8. The lowest BCUT2D eigenvalue weighted by Crippen LogP contribution is -2.69. The van der Waals surface area contributed by atoms with Crippen molar-refractivity contribution in [3.63, 3.8) is 0 Å². The van der Waals surface area contributed by atoms with E-state index >= 15 is 4.39 Å². The molecular weight excluding hydrogens is 493 g/mol. The van der Waals surface area contributed by atoms with E-state index in [1.165, 1.54) is 11.3 Å². The van der Waals surface area contributed by atoms with Gasteiger partial charge >= 0.3 is 0 Å². The van der Waals surface area contributed by atoms with Crippen molar-refractivity contribution in [2.75, 3.05) is 69.8 Å². The molecule has 0 atom stereocenters. The second-order valence-electron chi connectivity index (χ2n) is 11.7. The van der Waals surface area contributed by atoms with Crippen molar-refractivity contribution in [3.8, 4) is 0 Å². The van der Waals surface area contributed by atoms with Gasteiger partial charge in [-0.1, -0.05) is 31.2 Å². The third kappa shape index (κ3) is 4.42. The fourth-order valence-corrected chi connectivity index (χ4v) is 7.80. The quantitative estimate of drug-likeness (QED) is 0.428. The molecule has 2 aromatic carbocycles. The molecule has 2 N–H and O–H groups in total. The molecule has 0 radical (unpaired) electrons. The van der Waals surface area contributed by atoms with Gasteiger partial charge in [-0.05, 0) is 93.0 Å². The number of nitrogens with one attached hydrogen (secondary N) is 2. The molecule has 2 spiro atoms. The van der Waals surface area contributed by atoms with E-state index in [1.807, 2.05) is 25.1 Å². The number of benzene rings is 2. The summed E-state index contributed by atoms with van der Waals surface area (Å²) >= 11 is 1.81. The minimum absolute atomic E-state index is 0.0309. The Morgan fingerprint density at radius 1 is 1.11 bits per heavy atom. The first kappa shape index (κ1) is 25.8. The summed E-state index contributed by atoms with van der Waals surface area (Å²) < 4.78 is 17.4. The maximum Gasteiger partial charge on any atom is 0.132 e. The van der Waals surface area contributed by atoms with E-state index in [2.05, 4.69) is 68.4 Å². The Labute approximate surface area is 231 Å². The summed E-state index contributed by atoms with van der Waals surface area (Å²) in [5.74, 6) is -0.139. The fourth-order valence-electron chi connectivity index (χ4n) is 6.99. The van der Waals surface area contributed by atoms with Gasteiger partial charge in [0, 0.05) is 72.4 Å². The highest BCUT2D eigenvalue weighted by atomic mass is 32.2. The minimum Gasteiger partial charge on any atom is -0.388 e. The molecule has 0 aliphatic carbocycles. The zero-order chi connectivity index (χ0) is 26.5. The van der Waals surface area contributed by atoms with E-state index in [4.69, 9.17) is 0 Å². The van der Waals surface area contributed by atoms with Gasteiger partial charge in [0.2, 0.25) is 0 Å². The largest absolute Gasteiger partial charge is 0.388 e. The first-order valence-electron chi connectivity index (χ1n) is 13.9. The number of hydrogen-bond donors (Lipinski definition) is 2. The highest BCUT2D eigenvalue weighted by Gasteiger charge is 2.52. The van der Waals surface area contributed by atoms with E-state index in [1.54, 1.807) is 6.07 Å². The average molecular weight is 534 g/mol. The number of hydrogen-bond acceptors (Lipinski definition) is 6. The van der Waals surface area contributed by atoms with Gasteiger partial charge in [0.05, 0.1) is 0 Å². The second kappa shape index (κ2) is 9.92. The topological polar surface area (TPSA) is 33.8 Å². The van der Waals surface area contributed by atoms with Crippen molar-refractivity contribution >= 4 is 29.0 Å². The predicted octanol–water partition coefficient (Wildman–Crippen LogP) is 5.64. The molecule has 0 amide bonds. The third-order valence-electron chi connectivity index (χ3n) is 9.40. The summed E-state index contributed by atoms with van der Waals surface area (Å²) in [6, 6.07) is 12.3. The van der Waals surface area contributed by atoms with Crippen LogP contribution in [0.15, 0.2) is 55.3 Å². The Kier molecular flexibility index (Phi) is 6.73. The van der Waals surface area contributed by atoms with Gasteiger partial charge in [0.1, 0.15) is 5.82 Å². The van der Waals surface area contributed by atoms with Crippen LogP contribution in [0.5, 0.6) is 0 Å². The molecule has 3 fully saturated rings. The van der Waals surface area contributed by atoms with E-state index in [-0.39, 0.29) is 11.2 Å². The summed E-state index contributed by atoms with van der Waals surface area (Å²) in [4.78, 5) is 4.80. The molecular formula is C31H40FN5S. The van der Waals surface area contributed by atoms with Crippen molar-refractivity contribution in [2.24, 2.45) is 5.41 Å². The molecule has 3 saturated heterocycles. The van der Waals surface area contributed by atoms with Crippen LogP contribution in [0.3, 0.4) is 0 Å². The highest BCUT2D eigenvalue weighted by Crippen LogP contribution is 2.50. The third-order valence-corrected chi connectivity index (χ3v) is 10.2. The zero-order valence-electron chi connectivity index (χ0n) is 22.8. The lowest BCUT2D eigenvalue weighted by atomic mass is 9.72. The molecule has 4 heterocycles. The Bertz CT molecular complexity index is 1240. The summed E-state index contributed by atoms with van der Waals surface area (Å²) in [7, 11) is 1.97. The molecule has 0 bridgehead atoms. The molecule has 0 saturated carbocycles. The normalized spacial score (nSPS) is 21.7. The van der Waals surface area contributed by atoms with Crippen LogP contribution in [0.4, 0.5) is 15.8 Å². The van der Waals surface area contributed by atoms with Crippen molar-refractivity contribution in [3.05, 3.63) is 77.8 Å². The summed E-state index contributed by atoms with van der Waals surface area (Å²) in [6.45, 7) is 16.0. The monoisotopic (exact) mass is 533 g/mol. The van der Waals surface area contributed by atoms with Gasteiger partial charge in [-0.25, -0.2) is 8.70 Å². The van der Waals surface area contributed by atoms with E-state index < -0.39 is 0 Å². The summed E-state index contributed by atoms with van der Waals surface area (Å²) in [5.41, 5.74) is 7.86. The van der Waals surface area contributed by atoms with Crippen LogP contribution < -0.4 is 10.6 Å². The van der Waals surface area contributed by atoms with Crippen LogP contribution >= 0.6 is 11.9 Å². The van der Waals surface area contributed by atoms with Crippen LogP contribution in [-0.2, 0) is 11.8 Å². The lowest BCUT2D eigenvalue weighted by Gasteiger charge is -2.60. The van der Waals surface area contributed by atoms with Gasteiger partial charge in [-0.15, -0.1) is 0 Å². The van der Waals surface area contributed by atoms with Crippen molar-refractivity contribution in [1.82, 2.24) is 14.1 Å². The molecule has 6 rings (SSSR count). The highest BCUT2D eigenvalue weighted by molar-refractivity contribution is 7.96. The van der Waals surface area contributed by atoms with Gasteiger partial charge < -0.3 is 20.4 Å². The fraction of sp³-hybridized carbons (Fsp3) is 0.484. The lowest BCUT2D eigenvalue weighted by molar-refractivity contribution is -0.0455. The van der Waals surface area contributed by atoms with Gasteiger partial charge in [0.15, 0.2) is 0 Å². The number of fused-ring (bicyclic) bond motifs is 2. The van der Waals surface area contributed by atoms with E-state index in [0.29, 0.717) is 11.0 Å². The Morgan fingerprint density at radius 2 is 1.87 bits per heavy atom. The number of likely N-dealkylation sites (tertiary alicyclic amines) is 2. The summed E-state index contributed by atoms with van der Waals surface area (Å²) in [5, 5.41) is 6.82. The van der Waals surface area contributed by atoms with Gasteiger partial charge in [0.25, 0.3) is 0 Å².